The molecule has 23 heavy (non-hydrogen) atoms. The van der Waals surface area contributed by atoms with Crippen molar-refractivity contribution in [1.29, 1.82) is 0 Å². The molecule has 126 valence electrons. The van der Waals surface area contributed by atoms with Crippen LogP contribution in [0.25, 0.3) is 0 Å². The van der Waals surface area contributed by atoms with Crippen LogP contribution in [0.5, 0.6) is 0 Å². The summed E-state index contributed by atoms with van der Waals surface area (Å²) < 4.78 is 1.59. The molecular formula is C18H26ClN3O. The summed E-state index contributed by atoms with van der Waals surface area (Å²) in [7, 11) is 3.72. The molecule has 4 aliphatic carbocycles. The van der Waals surface area contributed by atoms with Gasteiger partial charge in [0, 0.05) is 20.6 Å². The highest BCUT2D eigenvalue weighted by atomic mass is 35.5. The number of hydrogen-bond donors (Lipinski definition) is 0. The standard InChI is InChI=1S/C18H26ClN3O/c1-11-15(16(19)22(3)20-11)17(23)21(2)10-18-7-12-4-13(8-18)6-14(5-12)9-18/h12-14H,4-10H2,1-3H3. The van der Waals surface area contributed by atoms with E-state index in [9.17, 15) is 4.79 Å². The maximum absolute atomic E-state index is 12.9. The third-order valence-electron chi connectivity index (χ3n) is 6.45. The van der Waals surface area contributed by atoms with Crippen molar-refractivity contribution in [2.45, 2.75) is 45.4 Å². The van der Waals surface area contributed by atoms with Crippen LogP contribution >= 0.6 is 11.6 Å². The van der Waals surface area contributed by atoms with Gasteiger partial charge in [0.15, 0.2) is 0 Å². The number of carbonyl (C=O) groups is 1. The van der Waals surface area contributed by atoms with Gasteiger partial charge in [-0.25, -0.2) is 0 Å². The van der Waals surface area contributed by atoms with Crippen LogP contribution in [0.15, 0.2) is 0 Å². The van der Waals surface area contributed by atoms with Crippen molar-refractivity contribution in [3.8, 4) is 0 Å². The molecule has 1 heterocycles. The van der Waals surface area contributed by atoms with Gasteiger partial charge in [0.25, 0.3) is 5.91 Å². The van der Waals surface area contributed by atoms with Crippen LogP contribution in [0, 0.1) is 30.1 Å². The molecule has 0 saturated heterocycles. The second kappa shape index (κ2) is 5.23. The van der Waals surface area contributed by atoms with Crippen molar-refractivity contribution in [3.63, 3.8) is 0 Å². The maximum Gasteiger partial charge on any atom is 0.258 e. The van der Waals surface area contributed by atoms with Crippen LogP contribution in [0.2, 0.25) is 5.15 Å². The molecule has 0 spiro atoms. The number of aromatic nitrogens is 2. The smallest absolute Gasteiger partial charge is 0.258 e. The van der Waals surface area contributed by atoms with Gasteiger partial charge >= 0.3 is 0 Å². The van der Waals surface area contributed by atoms with Gasteiger partial charge in [0.2, 0.25) is 0 Å². The SMILES string of the molecule is Cc1nn(C)c(Cl)c1C(=O)N(C)CC12CC3CC(CC(C3)C1)C2. The quantitative estimate of drug-likeness (QED) is 0.845. The molecule has 5 heteroatoms. The summed E-state index contributed by atoms with van der Waals surface area (Å²) in [4.78, 5) is 14.8. The molecular weight excluding hydrogens is 310 g/mol. The Hall–Kier alpha value is -1.03. The number of nitrogens with zero attached hydrogens (tertiary/aromatic N) is 3. The fourth-order valence-electron chi connectivity index (χ4n) is 6.12. The lowest BCUT2D eigenvalue weighted by molar-refractivity contribution is -0.0629. The summed E-state index contributed by atoms with van der Waals surface area (Å²) in [6, 6.07) is 0. The Morgan fingerprint density at radius 1 is 1.26 bits per heavy atom. The highest BCUT2D eigenvalue weighted by Crippen LogP contribution is 2.60. The van der Waals surface area contributed by atoms with E-state index in [1.807, 2.05) is 18.9 Å². The van der Waals surface area contributed by atoms with Crippen molar-refractivity contribution in [1.82, 2.24) is 14.7 Å². The van der Waals surface area contributed by atoms with Crippen molar-refractivity contribution in [2.75, 3.05) is 13.6 Å². The zero-order valence-corrected chi connectivity index (χ0v) is 15.1. The van der Waals surface area contributed by atoms with Crippen LogP contribution in [0.1, 0.15) is 54.6 Å². The molecule has 4 bridgehead atoms. The summed E-state index contributed by atoms with van der Waals surface area (Å²) in [5.74, 6) is 2.76. The normalized spacial score (nSPS) is 34.9. The van der Waals surface area contributed by atoms with Gasteiger partial charge in [-0.3, -0.25) is 9.48 Å². The molecule has 1 aromatic heterocycles. The van der Waals surface area contributed by atoms with Gasteiger partial charge in [-0.2, -0.15) is 5.10 Å². The molecule has 0 aliphatic heterocycles. The molecule has 0 radical (unpaired) electrons. The minimum absolute atomic E-state index is 0.0244. The summed E-state index contributed by atoms with van der Waals surface area (Å²) >= 11 is 6.28. The molecule has 4 saturated carbocycles. The lowest BCUT2D eigenvalue weighted by Gasteiger charge is -2.57. The number of amides is 1. The van der Waals surface area contributed by atoms with E-state index in [0.29, 0.717) is 16.1 Å². The highest BCUT2D eigenvalue weighted by molar-refractivity contribution is 6.33. The molecule has 0 N–H and O–H groups in total. The van der Waals surface area contributed by atoms with E-state index < -0.39 is 0 Å². The zero-order valence-electron chi connectivity index (χ0n) is 14.3. The minimum atomic E-state index is 0.0244. The van der Waals surface area contributed by atoms with Crippen LogP contribution in [0.4, 0.5) is 0 Å². The lowest BCUT2D eigenvalue weighted by Crippen LogP contribution is -2.51. The maximum atomic E-state index is 12.9. The topological polar surface area (TPSA) is 38.1 Å². The van der Waals surface area contributed by atoms with Crippen LogP contribution < -0.4 is 0 Å². The van der Waals surface area contributed by atoms with E-state index in [1.165, 1.54) is 38.5 Å². The fraction of sp³-hybridized carbons (Fsp3) is 0.778. The average molecular weight is 336 g/mol. The molecule has 0 unspecified atom stereocenters. The molecule has 4 nitrogen and oxygen atoms in total. The Bertz CT molecular complexity index is 616. The van der Waals surface area contributed by atoms with Crippen molar-refractivity contribution in [3.05, 3.63) is 16.4 Å². The Morgan fingerprint density at radius 3 is 2.22 bits per heavy atom. The molecule has 4 fully saturated rings. The number of hydrogen-bond acceptors (Lipinski definition) is 2. The van der Waals surface area contributed by atoms with Gasteiger partial charge in [-0.15, -0.1) is 0 Å². The van der Waals surface area contributed by atoms with E-state index in [0.717, 1.165) is 30.0 Å². The monoisotopic (exact) mass is 335 g/mol. The number of rotatable bonds is 3. The van der Waals surface area contributed by atoms with E-state index >= 15 is 0 Å². The predicted molar refractivity (Wildman–Crippen MR) is 90.5 cm³/mol. The molecule has 0 aromatic carbocycles. The van der Waals surface area contributed by atoms with E-state index in [-0.39, 0.29) is 5.91 Å². The van der Waals surface area contributed by atoms with Gasteiger partial charge in [0.05, 0.1) is 11.3 Å². The Kier molecular flexibility index (Phi) is 3.53. The zero-order chi connectivity index (χ0) is 16.4. The Balaban J connectivity index is 1.54. The first-order chi connectivity index (χ1) is 10.9. The third kappa shape index (κ3) is 2.50. The van der Waals surface area contributed by atoms with Crippen molar-refractivity contribution < 1.29 is 4.79 Å². The van der Waals surface area contributed by atoms with Crippen LogP contribution in [-0.2, 0) is 7.05 Å². The van der Waals surface area contributed by atoms with Gasteiger partial charge < -0.3 is 4.90 Å². The summed E-state index contributed by atoms with van der Waals surface area (Å²) in [6.07, 6.45) is 8.25. The fourth-order valence-corrected chi connectivity index (χ4v) is 6.38. The summed E-state index contributed by atoms with van der Waals surface area (Å²) in [5.41, 5.74) is 1.66. The molecule has 5 rings (SSSR count). The Morgan fingerprint density at radius 2 is 1.78 bits per heavy atom. The number of halogens is 1. The van der Waals surface area contributed by atoms with Crippen LogP contribution in [0.3, 0.4) is 0 Å². The van der Waals surface area contributed by atoms with E-state index in [1.54, 1.807) is 11.7 Å². The largest absolute Gasteiger partial charge is 0.341 e. The van der Waals surface area contributed by atoms with Crippen molar-refractivity contribution >= 4 is 17.5 Å². The van der Waals surface area contributed by atoms with Crippen LogP contribution in [-0.4, -0.2) is 34.2 Å². The highest BCUT2D eigenvalue weighted by Gasteiger charge is 2.51. The second-order valence-corrected chi connectivity index (χ2v) is 8.81. The van der Waals surface area contributed by atoms with Gasteiger partial charge in [-0.05, 0) is 68.6 Å². The minimum Gasteiger partial charge on any atom is -0.341 e. The average Bonchev–Trinajstić information content (AvgIpc) is 2.69. The molecule has 0 atom stereocenters. The van der Waals surface area contributed by atoms with Gasteiger partial charge in [0.1, 0.15) is 5.15 Å². The predicted octanol–water partition coefficient (Wildman–Crippen LogP) is 3.67. The first-order valence-corrected chi connectivity index (χ1v) is 9.19. The molecule has 1 amide bonds. The van der Waals surface area contributed by atoms with Crippen molar-refractivity contribution in [2.24, 2.45) is 30.2 Å². The number of carbonyl (C=O) groups excluding carboxylic acids is 1. The molecule has 1 aromatic rings. The second-order valence-electron chi connectivity index (χ2n) is 8.45. The Labute approximate surface area is 143 Å². The summed E-state index contributed by atoms with van der Waals surface area (Å²) in [6.45, 7) is 2.73. The lowest BCUT2D eigenvalue weighted by atomic mass is 9.49. The van der Waals surface area contributed by atoms with E-state index in [2.05, 4.69) is 5.10 Å². The first kappa shape index (κ1) is 15.5. The summed E-state index contributed by atoms with van der Waals surface area (Å²) in [5, 5.41) is 4.73. The van der Waals surface area contributed by atoms with E-state index in [4.69, 9.17) is 11.6 Å². The first-order valence-electron chi connectivity index (χ1n) is 8.81. The number of aryl methyl sites for hydroxylation is 2. The third-order valence-corrected chi connectivity index (χ3v) is 6.88. The molecule has 4 aliphatic rings. The van der Waals surface area contributed by atoms with Gasteiger partial charge in [-0.1, -0.05) is 11.6 Å².